The monoisotopic (exact) mass is 202 g/mol. The largest absolute Gasteiger partial charge is 0.371 e. The van der Waals surface area contributed by atoms with E-state index in [0.717, 1.165) is 12.0 Å². The van der Waals surface area contributed by atoms with Crippen LogP contribution in [0.2, 0.25) is 0 Å². The van der Waals surface area contributed by atoms with Crippen LogP contribution in [0.3, 0.4) is 0 Å². The van der Waals surface area contributed by atoms with Crippen molar-refractivity contribution in [2.24, 2.45) is 0 Å². The maximum Gasteiger partial charge on any atom is 0.0403 e. The number of hydrogen-bond acceptors (Lipinski definition) is 2. The van der Waals surface area contributed by atoms with Crippen molar-refractivity contribution in [2.45, 2.75) is 18.4 Å². The minimum absolute atomic E-state index is 0.727. The van der Waals surface area contributed by atoms with Crippen molar-refractivity contribution >= 4 is 5.69 Å². The molecule has 80 valence electrons. The Morgan fingerprint density at radius 2 is 2.00 bits per heavy atom. The molecule has 0 N–H and O–H groups in total. The summed E-state index contributed by atoms with van der Waals surface area (Å²) in [5.41, 5.74) is 3.00. The zero-order chi connectivity index (χ0) is 10.4. The average molecular weight is 202 g/mol. The van der Waals surface area contributed by atoms with E-state index in [2.05, 4.69) is 48.2 Å². The van der Waals surface area contributed by atoms with E-state index in [9.17, 15) is 0 Å². The number of rotatable bonds is 0. The van der Waals surface area contributed by atoms with Gasteiger partial charge in [0.05, 0.1) is 0 Å². The molecular formula is C13H18N2. The fourth-order valence-corrected chi connectivity index (χ4v) is 3.17. The molecule has 0 amide bonds. The van der Waals surface area contributed by atoms with E-state index in [1.807, 2.05) is 0 Å². The smallest absolute Gasteiger partial charge is 0.0403 e. The number of anilines is 1. The number of hydrogen-bond donors (Lipinski definition) is 0. The lowest BCUT2D eigenvalue weighted by Gasteiger charge is -2.35. The Hall–Kier alpha value is -1.02. The molecule has 0 aromatic heterocycles. The Morgan fingerprint density at radius 3 is 2.87 bits per heavy atom. The third-order valence-corrected chi connectivity index (χ3v) is 3.99. The molecule has 1 aromatic carbocycles. The molecule has 0 spiro atoms. The summed E-state index contributed by atoms with van der Waals surface area (Å²) in [4.78, 5) is 4.93. The van der Waals surface area contributed by atoms with Gasteiger partial charge in [0, 0.05) is 31.2 Å². The lowest BCUT2D eigenvalue weighted by atomic mass is 9.89. The SMILES string of the molecule is CN1CC[C@@H]2[C@@H](C1)c1ccccc1N2C. The van der Waals surface area contributed by atoms with Gasteiger partial charge in [-0.1, -0.05) is 18.2 Å². The number of benzene rings is 1. The van der Waals surface area contributed by atoms with Crippen LogP contribution < -0.4 is 4.90 Å². The van der Waals surface area contributed by atoms with Crippen molar-refractivity contribution in [3.63, 3.8) is 0 Å². The third kappa shape index (κ3) is 1.28. The highest BCUT2D eigenvalue weighted by molar-refractivity contribution is 5.61. The molecule has 2 heterocycles. The summed E-state index contributed by atoms with van der Waals surface area (Å²) >= 11 is 0. The van der Waals surface area contributed by atoms with Crippen molar-refractivity contribution < 1.29 is 0 Å². The number of para-hydroxylation sites is 1. The molecule has 1 saturated heterocycles. The molecule has 2 atom stereocenters. The van der Waals surface area contributed by atoms with Crippen LogP contribution in [-0.4, -0.2) is 38.1 Å². The Bertz CT molecular complexity index is 375. The lowest BCUT2D eigenvalue weighted by Crippen LogP contribution is -2.43. The van der Waals surface area contributed by atoms with E-state index in [4.69, 9.17) is 0 Å². The average Bonchev–Trinajstić information content (AvgIpc) is 2.54. The van der Waals surface area contributed by atoms with Crippen LogP contribution in [0.25, 0.3) is 0 Å². The summed E-state index contributed by atoms with van der Waals surface area (Å²) in [6.07, 6.45) is 1.30. The van der Waals surface area contributed by atoms with Gasteiger partial charge in [-0.05, 0) is 31.6 Å². The zero-order valence-corrected chi connectivity index (χ0v) is 9.48. The number of piperidine rings is 1. The summed E-state index contributed by atoms with van der Waals surface area (Å²) in [5, 5.41) is 0. The molecule has 3 rings (SSSR count). The normalized spacial score (nSPS) is 30.1. The Morgan fingerprint density at radius 1 is 1.20 bits per heavy atom. The Labute approximate surface area is 91.5 Å². The minimum atomic E-state index is 0.727. The standard InChI is InChI=1S/C13H18N2/c1-14-8-7-13-11(9-14)10-5-3-4-6-12(10)15(13)2/h3-6,11,13H,7-9H2,1-2H3/t11-,13+/m0/s1. The topological polar surface area (TPSA) is 6.48 Å². The van der Waals surface area contributed by atoms with E-state index in [0.29, 0.717) is 0 Å². The van der Waals surface area contributed by atoms with Crippen molar-refractivity contribution in [3.8, 4) is 0 Å². The maximum atomic E-state index is 2.48. The highest BCUT2D eigenvalue weighted by Gasteiger charge is 2.38. The second-order valence-electron chi connectivity index (χ2n) is 4.89. The lowest BCUT2D eigenvalue weighted by molar-refractivity contribution is 0.234. The quantitative estimate of drug-likeness (QED) is 0.634. The number of likely N-dealkylation sites (tertiary alicyclic amines) is 1. The van der Waals surface area contributed by atoms with E-state index < -0.39 is 0 Å². The van der Waals surface area contributed by atoms with E-state index in [1.54, 1.807) is 5.56 Å². The van der Waals surface area contributed by atoms with Crippen molar-refractivity contribution in [2.75, 3.05) is 32.1 Å². The number of likely N-dealkylation sites (N-methyl/N-ethyl adjacent to an activating group) is 2. The van der Waals surface area contributed by atoms with E-state index >= 15 is 0 Å². The highest BCUT2D eigenvalue weighted by Crippen LogP contribution is 2.43. The fraction of sp³-hybridized carbons (Fsp3) is 0.538. The highest BCUT2D eigenvalue weighted by atomic mass is 15.2. The predicted octanol–water partition coefficient (Wildman–Crippen LogP) is 1.92. The zero-order valence-electron chi connectivity index (χ0n) is 9.48. The number of nitrogens with zero attached hydrogens (tertiary/aromatic N) is 2. The van der Waals surface area contributed by atoms with Crippen LogP contribution in [0.4, 0.5) is 5.69 Å². The maximum absolute atomic E-state index is 2.48. The van der Waals surface area contributed by atoms with Crippen LogP contribution in [0.1, 0.15) is 17.9 Å². The van der Waals surface area contributed by atoms with Gasteiger partial charge in [-0.2, -0.15) is 0 Å². The van der Waals surface area contributed by atoms with E-state index in [1.165, 1.54) is 25.2 Å². The molecule has 1 fully saturated rings. The van der Waals surface area contributed by atoms with Gasteiger partial charge < -0.3 is 9.80 Å². The molecule has 0 saturated carbocycles. The van der Waals surface area contributed by atoms with Gasteiger partial charge in [-0.25, -0.2) is 0 Å². The van der Waals surface area contributed by atoms with Crippen LogP contribution in [0.15, 0.2) is 24.3 Å². The van der Waals surface area contributed by atoms with Crippen LogP contribution in [-0.2, 0) is 0 Å². The van der Waals surface area contributed by atoms with Gasteiger partial charge in [0.25, 0.3) is 0 Å². The second-order valence-corrected chi connectivity index (χ2v) is 4.89. The van der Waals surface area contributed by atoms with Crippen molar-refractivity contribution in [3.05, 3.63) is 29.8 Å². The third-order valence-electron chi connectivity index (χ3n) is 3.99. The molecular weight excluding hydrogens is 184 g/mol. The first kappa shape index (κ1) is 9.22. The van der Waals surface area contributed by atoms with Crippen LogP contribution in [0.5, 0.6) is 0 Å². The van der Waals surface area contributed by atoms with Gasteiger partial charge in [0.1, 0.15) is 0 Å². The summed E-state index contributed by atoms with van der Waals surface area (Å²) in [7, 11) is 4.48. The molecule has 0 radical (unpaired) electrons. The van der Waals surface area contributed by atoms with Gasteiger partial charge in [0.2, 0.25) is 0 Å². The van der Waals surface area contributed by atoms with Gasteiger partial charge in [-0.15, -0.1) is 0 Å². The van der Waals surface area contributed by atoms with Crippen LogP contribution >= 0.6 is 0 Å². The molecule has 2 aliphatic heterocycles. The first-order valence-corrected chi connectivity index (χ1v) is 5.77. The van der Waals surface area contributed by atoms with Crippen LogP contribution in [0, 0.1) is 0 Å². The Balaban J connectivity index is 2.02. The summed E-state index contributed by atoms with van der Waals surface area (Å²) in [5.74, 6) is 0.727. The molecule has 2 aliphatic rings. The summed E-state index contributed by atoms with van der Waals surface area (Å²) in [6, 6.07) is 9.61. The summed E-state index contributed by atoms with van der Waals surface area (Å²) < 4.78 is 0. The first-order chi connectivity index (χ1) is 7.27. The molecule has 0 aliphatic carbocycles. The second kappa shape index (κ2) is 3.24. The van der Waals surface area contributed by atoms with Gasteiger partial charge in [0.15, 0.2) is 0 Å². The fourth-order valence-electron chi connectivity index (χ4n) is 3.17. The van der Waals surface area contributed by atoms with E-state index in [-0.39, 0.29) is 0 Å². The van der Waals surface area contributed by atoms with Gasteiger partial charge >= 0.3 is 0 Å². The number of fused-ring (bicyclic) bond motifs is 3. The molecule has 2 nitrogen and oxygen atoms in total. The molecule has 1 aromatic rings. The van der Waals surface area contributed by atoms with Crippen molar-refractivity contribution in [1.29, 1.82) is 0 Å². The minimum Gasteiger partial charge on any atom is -0.371 e. The first-order valence-electron chi connectivity index (χ1n) is 5.77. The molecule has 0 bridgehead atoms. The molecule has 0 unspecified atom stereocenters. The predicted molar refractivity (Wildman–Crippen MR) is 63.5 cm³/mol. The summed E-state index contributed by atoms with van der Waals surface area (Å²) in [6.45, 7) is 2.45. The molecule has 2 heteroatoms. The Kier molecular flexibility index (Phi) is 1.99. The van der Waals surface area contributed by atoms with Crippen molar-refractivity contribution in [1.82, 2.24) is 4.90 Å². The molecule has 15 heavy (non-hydrogen) atoms. The van der Waals surface area contributed by atoms with Gasteiger partial charge in [-0.3, -0.25) is 0 Å².